The van der Waals surface area contributed by atoms with Gasteiger partial charge in [-0.15, -0.1) is 0 Å². The molecule has 1 aliphatic heterocycles. The second kappa shape index (κ2) is 4.53. The van der Waals surface area contributed by atoms with Gasteiger partial charge in [0, 0.05) is 25.4 Å². The summed E-state index contributed by atoms with van der Waals surface area (Å²) >= 11 is 0. The predicted octanol–water partition coefficient (Wildman–Crippen LogP) is 2.45. The van der Waals surface area contributed by atoms with E-state index >= 15 is 0 Å². The van der Waals surface area contributed by atoms with Gasteiger partial charge in [-0.05, 0) is 25.3 Å². The molecule has 2 heterocycles. The van der Waals surface area contributed by atoms with E-state index in [1.54, 1.807) is 12.3 Å². The highest BCUT2D eigenvalue weighted by atomic mass is 16.6. The van der Waals surface area contributed by atoms with Gasteiger partial charge in [0.15, 0.2) is 0 Å². The first-order chi connectivity index (χ1) is 8.08. The van der Waals surface area contributed by atoms with Crippen LogP contribution in [0.15, 0.2) is 24.4 Å². The van der Waals surface area contributed by atoms with Crippen molar-refractivity contribution >= 4 is 11.5 Å². The minimum Gasteiger partial charge on any atom is -0.350 e. The fraction of sp³-hybridized carbons (Fsp3) is 0.417. The van der Waals surface area contributed by atoms with E-state index in [2.05, 4.69) is 11.6 Å². The van der Waals surface area contributed by atoms with Crippen molar-refractivity contribution in [1.82, 2.24) is 4.98 Å². The maximum absolute atomic E-state index is 11.0. The van der Waals surface area contributed by atoms with Crippen molar-refractivity contribution in [2.24, 2.45) is 0 Å². The zero-order valence-corrected chi connectivity index (χ0v) is 9.85. The van der Waals surface area contributed by atoms with Crippen molar-refractivity contribution in [2.75, 3.05) is 18.0 Å². The molecule has 0 unspecified atom stereocenters. The lowest BCUT2D eigenvalue weighted by molar-refractivity contribution is -0.384. The number of nitro groups is 1. The molecule has 1 saturated heterocycles. The Balaban J connectivity index is 2.31. The van der Waals surface area contributed by atoms with E-state index in [0.29, 0.717) is 5.82 Å². The van der Waals surface area contributed by atoms with Crippen molar-refractivity contribution in [3.63, 3.8) is 0 Å². The second-order valence-corrected chi connectivity index (χ2v) is 4.35. The van der Waals surface area contributed by atoms with E-state index in [-0.39, 0.29) is 10.6 Å². The quantitative estimate of drug-likeness (QED) is 0.447. The van der Waals surface area contributed by atoms with Crippen LogP contribution < -0.4 is 4.90 Å². The van der Waals surface area contributed by atoms with Crippen LogP contribution in [0.4, 0.5) is 11.5 Å². The molecule has 5 nitrogen and oxygen atoms in total. The number of rotatable bonds is 2. The van der Waals surface area contributed by atoms with Crippen LogP contribution in [-0.2, 0) is 0 Å². The Morgan fingerprint density at radius 2 is 2.12 bits per heavy atom. The Kier molecular flexibility index (Phi) is 3.08. The van der Waals surface area contributed by atoms with Crippen molar-refractivity contribution in [1.29, 1.82) is 0 Å². The highest BCUT2D eigenvalue weighted by molar-refractivity contribution is 5.59. The molecule has 0 atom stereocenters. The summed E-state index contributed by atoms with van der Waals surface area (Å²) in [4.78, 5) is 16.8. The first-order valence-corrected chi connectivity index (χ1v) is 5.60. The molecule has 0 aromatic carbocycles. The summed E-state index contributed by atoms with van der Waals surface area (Å²) in [7, 11) is 0. The Bertz CT molecular complexity index is 461. The maximum atomic E-state index is 11.0. The topological polar surface area (TPSA) is 59.3 Å². The molecular weight excluding hydrogens is 218 g/mol. The largest absolute Gasteiger partial charge is 0.350 e. The molecule has 2 rings (SSSR count). The smallest absolute Gasteiger partial charge is 0.311 e. The summed E-state index contributed by atoms with van der Waals surface area (Å²) in [6, 6.07) is 1.58. The number of piperidine rings is 1. The molecule has 0 aliphatic carbocycles. The van der Waals surface area contributed by atoms with Crippen LogP contribution in [0, 0.1) is 17.0 Å². The zero-order valence-electron chi connectivity index (χ0n) is 9.85. The molecule has 1 aliphatic rings. The minimum absolute atomic E-state index is 0.0949. The number of nitrogens with zero attached hydrogens (tertiary/aromatic N) is 3. The predicted molar refractivity (Wildman–Crippen MR) is 66.2 cm³/mol. The third-order valence-electron chi connectivity index (χ3n) is 2.95. The monoisotopic (exact) mass is 233 g/mol. The van der Waals surface area contributed by atoms with Crippen LogP contribution in [-0.4, -0.2) is 23.0 Å². The van der Waals surface area contributed by atoms with Gasteiger partial charge < -0.3 is 4.90 Å². The van der Waals surface area contributed by atoms with Crippen LogP contribution in [0.1, 0.15) is 18.4 Å². The third-order valence-corrected chi connectivity index (χ3v) is 2.95. The number of anilines is 1. The van der Waals surface area contributed by atoms with Crippen molar-refractivity contribution in [2.45, 2.75) is 19.8 Å². The highest BCUT2D eigenvalue weighted by Crippen LogP contribution is 2.29. The van der Waals surface area contributed by atoms with Crippen molar-refractivity contribution < 1.29 is 4.92 Å². The summed E-state index contributed by atoms with van der Waals surface area (Å²) < 4.78 is 0. The summed E-state index contributed by atoms with van der Waals surface area (Å²) in [5.74, 6) is 0.480. The normalized spacial score (nSPS) is 16.1. The lowest BCUT2D eigenvalue weighted by Crippen LogP contribution is -2.31. The van der Waals surface area contributed by atoms with E-state index in [0.717, 1.165) is 31.5 Å². The van der Waals surface area contributed by atoms with E-state index < -0.39 is 0 Å². The summed E-state index contributed by atoms with van der Waals surface area (Å²) in [6.45, 7) is 7.26. The van der Waals surface area contributed by atoms with E-state index in [1.807, 2.05) is 11.8 Å². The number of pyridine rings is 1. The van der Waals surface area contributed by atoms with E-state index in [9.17, 15) is 10.1 Å². The van der Waals surface area contributed by atoms with Gasteiger partial charge in [0.1, 0.15) is 0 Å². The molecule has 17 heavy (non-hydrogen) atoms. The Morgan fingerprint density at radius 1 is 1.47 bits per heavy atom. The molecule has 5 heteroatoms. The maximum Gasteiger partial charge on any atom is 0.311 e. The number of hydrogen-bond donors (Lipinski definition) is 0. The summed E-state index contributed by atoms with van der Waals surface area (Å²) in [5, 5.41) is 11.0. The van der Waals surface area contributed by atoms with Crippen LogP contribution in [0.5, 0.6) is 0 Å². The third kappa shape index (κ3) is 2.43. The Morgan fingerprint density at radius 3 is 2.71 bits per heavy atom. The molecule has 0 amide bonds. The number of aromatic nitrogens is 1. The van der Waals surface area contributed by atoms with Gasteiger partial charge in [-0.2, -0.15) is 0 Å². The average molecular weight is 233 g/mol. The fourth-order valence-corrected chi connectivity index (χ4v) is 1.96. The van der Waals surface area contributed by atoms with Gasteiger partial charge in [-0.25, -0.2) is 4.98 Å². The van der Waals surface area contributed by atoms with Gasteiger partial charge in [-0.1, -0.05) is 12.2 Å². The highest BCUT2D eigenvalue weighted by Gasteiger charge is 2.23. The number of hydrogen-bond acceptors (Lipinski definition) is 4. The van der Waals surface area contributed by atoms with Gasteiger partial charge in [-0.3, -0.25) is 10.1 Å². The second-order valence-electron chi connectivity index (χ2n) is 4.35. The first kappa shape index (κ1) is 11.6. The van der Waals surface area contributed by atoms with Crippen LogP contribution in [0.2, 0.25) is 0 Å². The van der Waals surface area contributed by atoms with Crippen molar-refractivity contribution in [3.8, 4) is 0 Å². The molecule has 1 fully saturated rings. The Labute approximate surface area is 99.9 Å². The van der Waals surface area contributed by atoms with Gasteiger partial charge in [0.2, 0.25) is 5.82 Å². The van der Waals surface area contributed by atoms with Crippen LogP contribution >= 0.6 is 0 Å². The van der Waals surface area contributed by atoms with Gasteiger partial charge in [0.05, 0.1) is 4.92 Å². The Hall–Kier alpha value is -1.91. The molecule has 90 valence electrons. The molecule has 0 spiro atoms. The van der Waals surface area contributed by atoms with E-state index in [1.165, 1.54) is 5.57 Å². The first-order valence-electron chi connectivity index (χ1n) is 5.60. The van der Waals surface area contributed by atoms with E-state index in [4.69, 9.17) is 0 Å². The molecule has 0 radical (unpaired) electrons. The minimum atomic E-state index is -0.362. The lowest BCUT2D eigenvalue weighted by atomic mass is 10.1. The summed E-state index contributed by atoms with van der Waals surface area (Å²) in [5.41, 5.74) is 2.11. The molecule has 0 bridgehead atoms. The van der Waals surface area contributed by atoms with Crippen molar-refractivity contribution in [3.05, 3.63) is 40.1 Å². The average Bonchev–Trinajstić information content (AvgIpc) is 2.30. The standard InChI is InChI=1S/C12H15N3O2/c1-9-3-5-14(6-4-9)12-11(15(16)17)7-10(2)8-13-12/h7-8H,1,3-6H2,2H3. The number of aryl methyl sites for hydroxylation is 1. The SMILES string of the molecule is C=C1CCN(c2ncc(C)cc2[N+](=O)[O-])CC1. The van der Waals surface area contributed by atoms with Gasteiger partial charge >= 0.3 is 5.69 Å². The zero-order chi connectivity index (χ0) is 12.4. The molecular formula is C12H15N3O2. The molecule has 0 N–H and O–H groups in total. The van der Waals surface area contributed by atoms with Gasteiger partial charge in [0.25, 0.3) is 0 Å². The summed E-state index contributed by atoms with van der Waals surface area (Å²) in [6.07, 6.45) is 3.44. The lowest BCUT2D eigenvalue weighted by Gasteiger charge is -2.28. The molecule has 0 saturated carbocycles. The van der Waals surface area contributed by atoms with Crippen LogP contribution in [0.3, 0.4) is 0 Å². The molecule has 1 aromatic rings. The van der Waals surface area contributed by atoms with Crippen LogP contribution in [0.25, 0.3) is 0 Å². The molecule has 1 aromatic heterocycles. The fourth-order valence-electron chi connectivity index (χ4n) is 1.96.